The summed E-state index contributed by atoms with van der Waals surface area (Å²) in [6.07, 6.45) is 7.42. The van der Waals surface area contributed by atoms with Crippen LogP contribution in [0.2, 0.25) is 0 Å². The first-order chi connectivity index (χ1) is 9.63. The Kier molecular flexibility index (Phi) is 4.15. The summed E-state index contributed by atoms with van der Waals surface area (Å²) in [7, 11) is 0. The molecule has 20 heavy (non-hydrogen) atoms. The van der Waals surface area contributed by atoms with Crippen LogP contribution in [0.5, 0.6) is 0 Å². The average molecular weight is 278 g/mol. The van der Waals surface area contributed by atoms with Gasteiger partial charge >= 0.3 is 0 Å². The first-order valence-corrected chi connectivity index (χ1v) is 7.85. The minimum atomic E-state index is -0.264. The maximum absolute atomic E-state index is 10.0. The number of aliphatic hydroxyl groups excluding tert-OH is 1. The SMILES string of the molecule is CC(C)N1CCOC(Cn2cc3c(c2)C(O)CCC3)C1. The van der Waals surface area contributed by atoms with Gasteiger partial charge in [-0.3, -0.25) is 4.90 Å². The highest BCUT2D eigenvalue weighted by Gasteiger charge is 2.24. The number of rotatable bonds is 3. The molecule has 2 heterocycles. The maximum Gasteiger partial charge on any atom is 0.0881 e. The molecule has 1 saturated heterocycles. The van der Waals surface area contributed by atoms with Gasteiger partial charge in [-0.2, -0.15) is 0 Å². The zero-order valence-corrected chi connectivity index (χ0v) is 12.6. The summed E-state index contributed by atoms with van der Waals surface area (Å²) in [5, 5.41) is 10.0. The van der Waals surface area contributed by atoms with Crippen LogP contribution in [0.25, 0.3) is 0 Å². The number of aromatic nitrogens is 1. The number of nitrogens with zero attached hydrogens (tertiary/aromatic N) is 2. The smallest absolute Gasteiger partial charge is 0.0881 e. The summed E-state index contributed by atoms with van der Waals surface area (Å²) in [5.41, 5.74) is 2.45. The van der Waals surface area contributed by atoms with Crippen LogP contribution in [0.4, 0.5) is 0 Å². The summed E-state index contributed by atoms with van der Waals surface area (Å²) < 4.78 is 8.11. The van der Waals surface area contributed by atoms with Gasteiger partial charge in [0, 0.05) is 43.6 Å². The third-order valence-corrected chi connectivity index (χ3v) is 4.59. The summed E-state index contributed by atoms with van der Waals surface area (Å²) >= 11 is 0. The van der Waals surface area contributed by atoms with Crippen molar-refractivity contribution in [2.75, 3.05) is 19.7 Å². The molecule has 1 aliphatic heterocycles. The minimum absolute atomic E-state index is 0.261. The summed E-state index contributed by atoms with van der Waals surface area (Å²) in [6, 6.07) is 0.584. The molecule has 0 bridgehead atoms. The molecule has 4 nitrogen and oxygen atoms in total. The molecule has 0 aromatic carbocycles. The second-order valence-corrected chi connectivity index (χ2v) is 6.43. The van der Waals surface area contributed by atoms with Gasteiger partial charge in [-0.15, -0.1) is 0 Å². The Labute approximate surface area is 121 Å². The zero-order chi connectivity index (χ0) is 14.1. The van der Waals surface area contributed by atoms with Crippen molar-refractivity contribution in [2.45, 2.75) is 57.9 Å². The Morgan fingerprint density at radius 2 is 2.25 bits per heavy atom. The fourth-order valence-corrected chi connectivity index (χ4v) is 3.39. The minimum Gasteiger partial charge on any atom is -0.388 e. The van der Waals surface area contributed by atoms with Gasteiger partial charge in [0.25, 0.3) is 0 Å². The molecule has 3 rings (SSSR count). The van der Waals surface area contributed by atoms with Crippen molar-refractivity contribution in [3.8, 4) is 0 Å². The molecule has 1 aromatic heterocycles. The van der Waals surface area contributed by atoms with E-state index in [-0.39, 0.29) is 12.2 Å². The number of aliphatic hydroxyl groups is 1. The fraction of sp³-hybridized carbons (Fsp3) is 0.750. The van der Waals surface area contributed by atoms with Crippen molar-refractivity contribution < 1.29 is 9.84 Å². The second-order valence-electron chi connectivity index (χ2n) is 6.43. The third kappa shape index (κ3) is 2.92. The van der Waals surface area contributed by atoms with Crippen LogP contribution in [-0.4, -0.2) is 46.4 Å². The Balaban J connectivity index is 1.66. The Hall–Kier alpha value is -0.840. The fourth-order valence-electron chi connectivity index (χ4n) is 3.39. The Morgan fingerprint density at radius 1 is 1.40 bits per heavy atom. The monoisotopic (exact) mass is 278 g/mol. The average Bonchev–Trinajstić information content (AvgIpc) is 2.83. The van der Waals surface area contributed by atoms with Crippen LogP contribution >= 0.6 is 0 Å². The highest BCUT2D eigenvalue weighted by Crippen LogP contribution is 2.30. The molecular weight excluding hydrogens is 252 g/mol. The lowest BCUT2D eigenvalue weighted by Crippen LogP contribution is -2.47. The Bertz CT molecular complexity index is 455. The predicted molar refractivity (Wildman–Crippen MR) is 78.8 cm³/mol. The molecule has 0 radical (unpaired) electrons. The van der Waals surface area contributed by atoms with Crippen LogP contribution in [0.3, 0.4) is 0 Å². The van der Waals surface area contributed by atoms with Crippen molar-refractivity contribution in [2.24, 2.45) is 0 Å². The molecule has 2 atom stereocenters. The molecule has 2 aliphatic rings. The summed E-state index contributed by atoms with van der Waals surface area (Å²) in [5.74, 6) is 0. The van der Waals surface area contributed by atoms with Crippen molar-refractivity contribution in [3.63, 3.8) is 0 Å². The van der Waals surface area contributed by atoms with Crippen LogP contribution in [-0.2, 0) is 17.7 Å². The van der Waals surface area contributed by atoms with Crippen molar-refractivity contribution in [1.29, 1.82) is 0 Å². The second kappa shape index (κ2) is 5.88. The first-order valence-electron chi connectivity index (χ1n) is 7.85. The van der Waals surface area contributed by atoms with Gasteiger partial charge < -0.3 is 14.4 Å². The summed E-state index contributed by atoms with van der Waals surface area (Å²) in [4.78, 5) is 2.48. The quantitative estimate of drug-likeness (QED) is 0.918. The largest absolute Gasteiger partial charge is 0.388 e. The number of ether oxygens (including phenoxy) is 1. The molecule has 112 valence electrons. The lowest BCUT2D eigenvalue weighted by Gasteiger charge is -2.35. The lowest BCUT2D eigenvalue weighted by molar-refractivity contribution is -0.0455. The summed E-state index contributed by atoms with van der Waals surface area (Å²) in [6.45, 7) is 8.24. The van der Waals surface area contributed by atoms with E-state index in [0.29, 0.717) is 6.04 Å². The number of hydrogen-bond acceptors (Lipinski definition) is 3. The van der Waals surface area contributed by atoms with Gasteiger partial charge in [-0.25, -0.2) is 0 Å². The van der Waals surface area contributed by atoms with Gasteiger partial charge in [0.15, 0.2) is 0 Å². The van der Waals surface area contributed by atoms with Gasteiger partial charge in [0.05, 0.1) is 18.8 Å². The van der Waals surface area contributed by atoms with E-state index < -0.39 is 0 Å². The van der Waals surface area contributed by atoms with Gasteiger partial charge in [-0.05, 0) is 38.7 Å². The molecule has 0 saturated carbocycles. The van der Waals surface area contributed by atoms with E-state index in [9.17, 15) is 5.11 Å². The van der Waals surface area contributed by atoms with E-state index in [0.717, 1.165) is 51.1 Å². The molecule has 0 amide bonds. The zero-order valence-electron chi connectivity index (χ0n) is 12.6. The highest BCUT2D eigenvalue weighted by molar-refractivity contribution is 5.29. The van der Waals surface area contributed by atoms with Crippen LogP contribution in [0.1, 0.15) is 43.9 Å². The third-order valence-electron chi connectivity index (χ3n) is 4.59. The number of fused-ring (bicyclic) bond motifs is 1. The standard InChI is InChI=1S/C16H26N2O2/c1-12(2)18-6-7-20-14(10-18)9-17-8-13-4-3-5-16(19)15(13)11-17/h8,11-12,14,16,19H,3-7,9-10H2,1-2H3. The van der Waals surface area contributed by atoms with Crippen LogP contribution in [0.15, 0.2) is 12.4 Å². The van der Waals surface area contributed by atoms with E-state index in [1.165, 1.54) is 5.56 Å². The number of hydrogen-bond donors (Lipinski definition) is 1. The van der Waals surface area contributed by atoms with Crippen LogP contribution < -0.4 is 0 Å². The molecule has 1 aromatic rings. The van der Waals surface area contributed by atoms with E-state index in [4.69, 9.17) is 4.74 Å². The van der Waals surface area contributed by atoms with E-state index in [1.54, 1.807) is 0 Å². The Morgan fingerprint density at radius 3 is 3.00 bits per heavy atom. The number of morpholine rings is 1. The van der Waals surface area contributed by atoms with Crippen molar-refractivity contribution >= 4 is 0 Å². The van der Waals surface area contributed by atoms with E-state index in [1.807, 2.05) is 0 Å². The molecule has 1 aliphatic carbocycles. The predicted octanol–water partition coefficient (Wildman–Crippen LogP) is 1.97. The molecule has 1 fully saturated rings. The first kappa shape index (κ1) is 14.1. The molecule has 2 unspecified atom stereocenters. The van der Waals surface area contributed by atoms with Crippen molar-refractivity contribution in [3.05, 3.63) is 23.5 Å². The van der Waals surface area contributed by atoms with Gasteiger partial charge in [-0.1, -0.05) is 0 Å². The van der Waals surface area contributed by atoms with Crippen molar-refractivity contribution in [1.82, 2.24) is 9.47 Å². The number of aryl methyl sites for hydroxylation is 1. The maximum atomic E-state index is 10.0. The molecule has 4 heteroatoms. The molecule has 1 N–H and O–H groups in total. The normalized spacial score (nSPS) is 27.8. The molecular formula is C16H26N2O2. The van der Waals surface area contributed by atoms with Gasteiger partial charge in [0.2, 0.25) is 0 Å². The highest BCUT2D eigenvalue weighted by atomic mass is 16.5. The van der Waals surface area contributed by atoms with Gasteiger partial charge in [0.1, 0.15) is 0 Å². The van der Waals surface area contributed by atoms with E-state index in [2.05, 4.69) is 35.7 Å². The lowest BCUT2D eigenvalue weighted by atomic mass is 9.93. The molecule has 0 spiro atoms. The van der Waals surface area contributed by atoms with Crippen LogP contribution in [0, 0.1) is 0 Å². The van der Waals surface area contributed by atoms with E-state index >= 15 is 0 Å². The topological polar surface area (TPSA) is 37.6 Å².